The third-order valence-electron chi connectivity index (χ3n) is 6.87. The van der Waals surface area contributed by atoms with Crippen LogP contribution in [-0.2, 0) is 9.59 Å². The minimum Gasteiger partial charge on any atom is -0.272 e. The van der Waals surface area contributed by atoms with Crippen molar-refractivity contribution in [3.63, 3.8) is 0 Å². The van der Waals surface area contributed by atoms with Crippen molar-refractivity contribution in [2.75, 3.05) is 0 Å². The maximum atomic E-state index is 13.5. The van der Waals surface area contributed by atoms with Crippen molar-refractivity contribution in [2.45, 2.75) is 11.8 Å². The summed E-state index contributed by atoms with van der Waals surface area (Å²) in [7, 11) is 0. The van der Waals surface area contributed by atoms with Crippen LogP contribution in [0.15, 0.2) is 77.9 Å². The van der Waals surface area contributed by atoms with Gasteiger partial charge in [-0.2, -0.15) is 10.1 Å². The van der Waals surface area contributed by atoms with Gasteiger partial charge < -0.3 is 0 Å². The number of nitro groups is 1. The van der Waals surface area contributed by atoms with Gasteiger partial charge in [0.25, 0.3) is 17.5 Å². The van der Waals surface area contributed by atoms with Crippen molar-refractivity contribution in [1.29, 1.82) is 0 Å². The first-order valence-corrected chi connectivity index (χ1v) is 10.4. The van der Waals surface area contributed by atoms with Gasteiger partial charge in [0, 0.05) is 17.9 Å². The molecule has 0 spiro atoms. The number of para-hydroxylation sites is 1. The molecule has 2 bridgehead atoms. The second-order valence-corrected chi connectivity index (χ2v) is 8.31. The minimum atomic E-state index is -0.528. The van der Waals surface area contributed by atoms with Crippen LogP contribution in [-0.4, -0.2) is 28.0 Å². The fourth-order valence-electron chi connectivity index (χ4n) is 5.66. The second-order valence-electron chi connectivity index (χ2n) is 8.31. The third kappa shape index (κ3) is 2.39. The summed E-state index contributed by atoms with van der Waals surface area (Å²) >= 11 is 0. The van der Waals surface area contributed by atoms with Crippen LogP contribution in [0.4, 0.5) is 5.69 Å². The number of amides is 2. The Morgan fingerprint density at radius 2 is 1.19 bits per heavy atom. The number of hydrogen-bond acceptors (Lipinski definition) is 5. The maximum absolute atomic E-state index is 13.5. The minimum absolute atomic E-state index is 0.132. The van der Waals surface area contributed by atoms with Crippen molar-refractivity contribution < 1.29 is 14.5 Å². The molecule has 3 aliphatic carbocycles. The average molecular weight is 423 g/mol. The van der Waals surface area contributed by atoms with Gasteiger partial charge in [0.1, 0.15) is 0 Å². The van der Waals surface area contributed by atoms with Crippen LogP contribution in [0.1, 0.15) is 39.7 Å². The van der Waals surface area contributed by atoms with Gasteiger partial charge in [-0.15, -0.1) is 0 Å². The number of hydrogen-bond donors (Lipinski definition) is 0. The van der Waals surface area contributed by atoms with Crippen molar-refractivity contribution in [1.82, 2.24) is 5.01 Å². The lowest BCUT2D eigenvalue weighted by molar-refractivity contribution is -0.385. The van der Waals surface area contributed by atoms with Crippen molar-refractivity contribution >= 4 is 23.7 Å². The van der Waals surface area contributed by atoms with Gasteiger partial charge in [0.2, 0.25) is 0 Å². The zero-order chi connectivity index (χ0) is 22.0. The zero-order valence-corrected chi connectivity index (χ0v) is 16.8. The molecular weight excluding hydrogens is 406 g/mol. The molecule has 4 aliphatic rings. The lowest BCUT2D eigenvalue weighted by atomic mass is 9.55. The van der Waals surface area contributed by atoms with Crippen LogP contribution in [0.2, 0.25) is 0 Å². The summed E-state index contributed by atoms with van der Waals surface area (Å²) in [4.78, 5) is 37.7. The number of benzene rings is 3. The predicted octanol–water partition coefficient (Wildman–Crippen LogP) is 3.82. The molecule has 7 nitrogen and oxygen atoms in total. The van der Waals surface area contributed by atoms with E-state index in [9.17, 15) is 19.7 Å². The van der Waals surface area contributed by atoms with Gasteiger partial charge in [-0.3, -0.25) is 19.7 Å². The molecule has 156 valence electrons. The normalized spacial score (nSPS) is 25.1. The molecule has 0 N–H and O–H groups in total. The molecule has 0 radical (unpaired) electrons. The molecule has 3 aromatic carbocycles. The van der Waals surface area contributed by atoms with Crippen LogP contribution in [0.5, 0.6) is 0 Å². The molecule has 1 saturated heterocycles. The number of nitro benzene ring substituents is 1. The number of carbonyl (C=O) groups is 2. The Labute approximate surface area is 183 Å². The molecule has 0 saturated carbocycles. The van der Waals surface area contributed by atoms with Crippen LogP contribution in [0.25, 0.3) is 0 Å². The van der Waals surface area contributed by atoms with Crippen molar-refractivity contribution in [3.05, 3.63) is 111 Å². The van der Waals surface area contributed by atoms with E-state index in [1.165, 1.54) is 18.3 Å². The van der Waals surface area contributed by atoms with E-state index in [1.54, 1.807) is 12.1 Å². The number of imide groups is 1. The molecule has 7 rings (SSSR count). The molecule has 32 heavy (non-hydrogen) atoms. The summed E-state index contributed by atoms with van der Waals surface area (Å²) in [6.07, 6.45) is 1.23. The van der Waals surface area contributed by atoms with E-state index in [4.69, 9.17) is 0 Å². The molecular formula is C25H17N3O4. The average Bonchev–Trinajstić information content (AvgIpc) is 3.08. The molecule has 0 aromatic heterocycles. The van der Waals surface area contributed by atoms with Gasteiger partial charge >= 0.3 is 0 Å². The molecule has 0 unspecified atom stereocenters. The molecule has 1 heterocycles. The largest absolute Gasteiger partial charge is 0.278 e. The summed E-state index contributed by atoms with van der Waals surface area (Å²) < 4.78 is 0. The van der Waals surface area contributed by atoms with Crippen LogP contribution in [0.3, 0.4) is 0 Å². The topological polar surface area (TPSA) is 92.9 Å². The van der Waals surface area contributed by atoms with E-state index in [2.05, 4.69) is 5.10 Å². The number of carbonyl (C=O) groups excluding carboxylic acids is 2. The SMILES string of the molecule is O=C1[C@@H]2C3c4ccccc4C(c4ccccc43)[C@H]2C(=O)N1/N=C\c1ccccc1[N+](=O)[O-]. The van der Waals surface area contributed by atoms with Gasteiger partial charge in [-0.25, -0.2) is 0 Å². The number of rotatable bonds is 3. The second kappa shape index (κ2) is 6.68. The van der Waals surface area contributed by atoms with E-state index in [1.807, 2.05) is 48.5 Å². The zero-order valence-electron chi connectivity index (χ0n) is 16.8. The Morgan fingerprint density at radius 3 is 1.66 bits per heavy atom. The van der Waals surface area contributed by atoms with Crippen LogP contribution in [0, 0.1) is 22.0 Å². The van der Waals surface area contributed by atoms with Gasteiger partial charge in [0.15, 0.2) is 0 Å². The first-order valence-electron chi connectivity index (χ1n) is 10.4. The summed E-state index contributed by atoms with van der Waals surface area (Å²) in [5.74, 6) is -2.18. The standard InChI is InChI=1S/C25H17N3O4/c29-24-22-20-15-8-2-3-9-16(15)21(18-11-5-4-10-17(18)20)23(22)25(30)27(24)26-13-14-7-1-6-12-19(14)28(31)32/h1-13,20-23H/b26-13-/t20?,21?,22-,23-/m1/s1. The van der Waals surface area contributed by atoms with E-state index in [-0.39, 0.29) is 34.9 Å². The smallest absolute Gasteiger partial charge is 0.272 e. The molecule has 2 amide bonds. The Bertz CT molecular complexity index is 1230. The summed E-state index contributed by atoms with van der Waals surface area (Å²) in [5.41, 5.74) is 4.45. The first-order chi connectivity index (χ1) is 15.6. The highest BCUT2D eigenvalue weighted by molar-refractivity contribution is 6.08. The fraction of sp³-hybridized carbons (Fsp3) is 0.160. The third-order valence-corrected chi connectivity index (χ3v) is 6.87. The predicted molar refractivity (Wildman–Crippen MR) is 116 cm³/mol. The van der Waals surface area contributed by atoms with Crippen LogP contribution < -0.4 is 0 Å². The Kier molecular flexibility index (Phi) is 3.89. The Morgan fingerprint density at radius 1 is 0.750 bits per heavy atom. The summed E-state index contributed by atoms with van der Waals surface area (Å²) in [6, 6.07) is 22.1. The maximum Gasteiger partial charge on any atom is 0.278 e. The first kappa shape index (κ1) is 18.6. The van der Waals surface area contributed by atoms with E-state index in [0.29, 0.717) is 0 Å². The number of nitrogens with zero attached hydrogens (tertiary/aromatic N) is 3. The summed E-state index contributed by atoms with van der Waals surface area (Å²) in [6.45, 7) is 0. The Balaban J connectivity index is 1.45. The molecule has 1 aliphatic heterocycles. The van der Waals surface area contributed by atoms with E-state index in [0.717, 1.165) is 27.3 Å². The monoisotopic (exact) mass is 423 g/mol. The van der Waals surface area contributed by atoms with Crippen molar-refractivity contribution in [2.24, 2.45) is 16.9 Å². The summed E-state index contributed by atoms with van der Waals surface area (Å²) in [5, 5.41) is 16.4. The highest BCUT2D eigenvalue weighted by Crippen LogP contribution is 2.60. The molecule has 2 atom stereocenters. The molecule has 1 fully saturated rings. The fourth-order valence-corrected chi connectivity index (χ4v) is 5.66. The van der Waals surface area contributed by atoms with Crippen LogP contribution >= 0.6 is 0 Å². The van der Waals surface area contributed by atoms with Gasteiger partial charge in [0.05, 0.1) is 28.5 Å². The number of hydrazone groups is 1. The highest BCUT2D eigenvalue weighted by atomic mass is 16.6. The highest BCUT2D eigenvalue weighted by Gasteiger charge is 2.61. The molecule has 7 heteroatoms. The van der Waals surface area contributed by atoms with E-state index >= 15 is 0 Å². The van der Waals surface area contributed by atoms with Gasteiger partial charge in [-0.1, -0.05) is 60.7 Å². The molecule has 3 aromatic rings. The Hall–Kier alpha value is -4.13. The van der Waals surface area contributed by atoms with E-state index < -0.39 is 16.8 Å². The lowest BCUT2D eigenvalue weighted by Gasteiger charge is -2.45. The van der Waals surface area contributed by atoms with Crippen molar-refractivity contribution in [3.8, 4) is 0 Å². The quantitative estimate of drug-likeness (QED) is 0.277. The van der Waals surface area contributed by atoms with Gasteiger partial charge in [-0.05, 0) is 28.3 Å². The lowest BCUT2D eigenvalue weighted by Crippen LogP contribution is -2.41.